The van der Waals surface area contributed by atoms with Crippen LogP contribution >= 0.6 is 11.8 Å². The summed E-state index contributed by atoms with van der Waals surface area (Å²) in [5.74, 6) is 2.43. The van der Waals surface area contributed by atoms with Crippen LogP contribution in [0.3, 0.4) is 0 Å². The van der Waals surface area contributed by atoms with E-state index in [0.717, 1.165) is 30.0 Å². The Labute approximate surface area is 99.8 Å². The van der Waals surface area contributed by atoms with Crippen molar-refractivity contribution in [3.63, 3.8) is 0 Å². The van der Waals surface area contributed by atoms with Crippen LogP contribution in [0.4, 0.5) is 11.4 Å². The molecule has 0 bridgehead atoms. The molecule has 2 rings (SSSR count). The number of benzene rings is 1. The van der Waals surface area contributed by atoms with Gasteiger partial charge >= 0.3 is 0 Å². The minimum Gasteiger partial charge on any atom is -0.397 e. The number of nitrogen functional groups attached to an aromatic ring is 1. The van der Waals surface area contributed by atoms with E-state index in [4.69, 9.17) is 5.73 Å². The van der Waals surface area contributed by atoms with E-state index in [9.17, 15) is 4.79 Å². The molecule has 3 nitrogen and oxygen atoms in total. The molecular formula is C12H16N2OS. The number of anilines is 2. The van der Waals surface area contributed by atoms with Crippen molar-refractivity contribution in [2.24, 2.45) is 5.92 Å². The number of thioether (sulfide) groups is 1. The third-order valence-corrected chi connectivity index (χ3v) is 3.86. The van der Waals surface area contributed by atoms with E-state index in [1.54, 1.807) is 6.07 Å². The average molecular weight is 236 g/mol. The van der Waals surface area contributed by atoms with Gasteiger partial charge in [0.15, 0.2) is 0 Å². The summed E-state index contributed by atoms with van der Waals surface area (Å²) in [6, 6.07) is 7.38. The fraction of sp³-hybridized carbons (Fsp3) is 0.417. The van der Waals surface area contributed by atoms with Gasteiger partial charge in [0, 0.05) is 5.92 Å². The van der Waals surface area contributed by atoms with Crippen molar-refractivity contribution in [3.05, 3.63) is 24.3 Å². The second-order valence-corrected chi connectivity index (χ2v) is 5.19. The molecule has 1 aromatic carbocycles. The van der Waals surface area contributed by atoms with Crippen molar-refractivity contribution in [1.82, 2.24) is 0 Å². The topological polar surface area (TPSA) is 55.1 Å². The van der Waals surface area contributed by atoms with Crippen LogP contribution < -0.4 is 11.1 Å². The molecule has 0 aliphatic carbocycles. The highest BCUT2D eigenvalue weighted by atomic mass is 32.2. The van der Waals surface area contributed by atoms with Gasteiger partial charge in [0.1, 0.15) is 0 Å². The Morgan fingerprint density at radius 1 is 1.31 bits per heavy atom. The lowest BCUT2D eigenvalue weighted by Crippen LogP contribution is -2.26. The fourth-order valence-electron chi connectivity index (χ4n) is 1.81. The maximum atomic E-state index is 11.9. The monoisotopic (exact) mass is 236 g/mol. The van der Waals surface area contributed by atoms with Gasteiger partial charge in [-0.05, 0) is 36.5 Å². The van der Waals surface area contributed by atoms with Crippen LogP contribution in [-0.4, -0.2) is 17.4 Å². The smallest absolute Gasteiger partial charge is 0.227 e. The number of nitrogens with two attached hydrogens (primary N) is 1. The second-order valence-electron chi connectivity index (χ2n) is 3.96. The first-order valence-electron chi connectivity index (χ1n) is 5.50. The van der Waals surface area contributed by atoms with Crippen molar-refractivity contribution in [3.8, 4) is 0 Å². The van der Waals surface area contributed by atoms with Crippen molar-refractivity contribution in [2.45, 2.75) is 12.8 Å². The minimum absolute atomic E-state index is 0.109. The highest BCUT2D eigenvalue weighted by Crippen LogP contribution is 2.25. The van der Waals surface area contributed by atoms with E-state index in [1.165, 1.54) is 0 Å². The molecule has 0 unspecified atom stereocenters. The van der Waals surface area contributed by atoms with Gasteiger partial charge in [-0.3, -0.25) is 4.79 Å². The molecule has 1 heterocycles. The highest BCUT2D eigenvalue weighted by Gasteiger charge is 2.21. The number of amides is 1. The third-order valence-electron chi connectivity index (χ3n) is 2.81. The zero-order valence-corrected chi connectivity index (χ0v) is 9.93. The third kappa shape index (κ3) is 2.70. The van der Waals surface area contributed by atoms with E-state index in [1.807, 2.05) is 30.0 Å². The number of carbonyl (C=O) groups excluding carboxylic acids is 1. The molecule has 16 heavy (non-hydrogen) atoms. The number of para-hydroxylation sites is 2. The largest absolute Gasteiger partial charge is 0.397 e. The lowest BCUT2D eigenvalue weighted by atomic mass is 10.0. The fourth-order valence-corrected chi connectivity index (χ4v) is 2.91. The maximum absolute atomic E-state index is 11.9. The Kier molecular flexibility index (Phi) is 3.72. The maximum Gasteiger partial charge on any atom is 0.227 e. The number of hydrogen-bond donors (Lipinski definition) is 2. The van der Waals surface area contributed by atoms with Crippen molar-refractivity contribution in [1.29, 1.82) is 0 Å². The van der Waals surface area contributed by atoms with Crippen LogP contribution in [-0.2, 0) is 4.79 Å². The summed E-state index contributed by atoms with van der Waals surface area (Å²) in [6.07, 6.45) is 1.95. The first kappa shape index (κ1) is 11.3. The van der Waals surface area contributed by atoms with E-state index in [2.05, 4.69) is 5.32 Å². The van der Waals surface area contributed by atoms with E-state index < -0.39 is 0 Å². The molecule has 1 aliphatic rings. The quantitative estimate of drug-likeness (QED) is 0.775. The van der Waals surface area contributed by atoms with E-state index >= 15 is 0 Å². The summed E-state index contributed by atoms with van der Waals surface area (Å²) < 4.78 is 0. The Bertz CT molecular complexity index is 375. The van der Waals surface area contributed by atoms with Crippen LogP contribution in [0.25, 0.3) is 0 Å². The molecule has 0 radical (unpaired) electrons. The molecule has 1 aliphatic heterocycles. The molecule has 1 amide bonds. The predicted molar refractivity (Wildman–Crippen MR) is 69.5 cm³/mol. The zero-order chi connectivity index (χ0) is 11.4. The number of carbonyl (C=O) groups is 1. The first-order chi connectivity index (χ1) is 7.77. The van der Waals surface area contributed by atoms with Crippen molar-refractivity contribution in [2.75, 3.05) is 22.6 Å². The zero-order valence-electron chi connectivity index (χ0n) is 9.11. The van der Waals surface area contributed by atoms with Gasteiger partial charge in [0.05, 0.1) is 11.4 Å². The van der Waals surface area contributed by atoms with Gasteiger partial charge < -0.3 is 11.1 Å². The molecule has 0 aromatic heterocycles. The Morgan fingerprint density at radius 2 is 2.00 bits per heavy atom. The lowest BCUT2D eigenvalue weighted by Gasteiger charge is -2.20. The average Bonchev–Trinajstić information content (AvgIpc) is 2.33. The van der Waals surface area contributed by atoms with Crippen LogP contribution in [0, 0.1) is 5.92 Å². The van der Waals surface area contributed by atoms with Gasteiger partial charge in [-0.25, -0.2) is 0 Å². The normalized spacial score (nSPS) is 17.0. The minimum atomic E-state index is 0.109. The molecule has 0 saturated carbocycles. The SMILES string of the molecule is Nc1ccccc1NC(=O)C1CCSCC1. The number of hydrogen-bond acceptors (Lipinski definition) is 3. The highest BCUT2D eigenvalue weighted by molar-refractivity contribution is 7.99. The lowest BCUT2D eigenvalue weighted by molar-refractivity contribution is -0.120. The van der Waals surface area contributed by atoms with Gasteiger partial charge in [-0.15, -0.1) is 0 Å². The summed E-state index contributed by atoms with van der Waals surface area (Å²) >= 11 is 1.92. The molecule has 1 fully saturated rings. The molecule has 86 valence electrons. The van der Waals surface area contributed by atoms with Crippen LogP contribution in [0.1, 0.15) is 12.8 Å². The van der Waals surface area contributed by atoms with Gasteiger partial charge in [0.25, 0.3) is 0 Å². The Balaban J connectivity index is 1.99. The Morgan fingerprint density at radius 3 is 2.69 bits per heavy atom. The van der Waals surface area contributed by atoms with Crippen molar-refractivity contribution >= 4 is 29.0 Å². The summed E-state index contributed by atoms with van der Waals surface area (Å²) in [6.45, 7) is 0. The Hall–Kier alpha value is -1.16. The van der Waals surface area contributed by atoms with Crippen LogP contribution in [0.15, 0.2) is 24.3 Å². The van der Waals surface area contributed by atoms with Crippen LogP contribution in [0.2, 0.25) is 0 Å². The summed E-state index contributed by atoms with van der Waals surface area (Å²) in [5, 5.41) is 2.91. The molecule has 1 saturated heterocycles. The molecule has 4 heteroatoms. The molecule has 3 N–H and O–H groups in total. The van der Waals surface area contributed by atoms with Crippen molar-refractivity contribution < 1.29 is 4.79 Å². The second kappa shape index (κ2) is 5.25. The first-order valence-corrected chi connectivity index (χ1v) is 6.66. The van der Waals surface area contributed by atoms with Gasteiger partial charge in [-0.1, -0.05) is 12.1 Å². The predicted octanol–water partition coefficient (Wildman–Crippen LogP) is 2.35. The molecule has 0 atom stereocenters. The standard InChI is InChI=1S/C12H16N2OS/c13-10-3-1-2-4-11(10)14-12(15)9-5-7-16-8-6-9/h1-4,9H,5-8,13H2,(H,14,15). The van der Waals surface area contributed by atoms with Gasteiger partial charge in [0.2, 0.25) is 5.91 Å². The molecule has 0 spiro atoms. The summed E-state index contributed by atoms with van der Waals surface area (Å²) in [5.41, 5.74) is 7.13. The van der Waals surface area contributed by atoms with Crippen LogP contribution in [0.5, 0.6) is 0 Å². The summed E-state index contributed by atoms with van der Waals surface area (Å²) in [4.78, 5) is 11.9. The van der Waals surface area contributed by atoms with E-state index in [0.29, 0.717) is 5.69 Å². The summed E-state index contributed by atoms with van der Waals surface area (Å²) in [7, 11) is 0. The molecular weight excluding hydrogens is 220 g/mol. The van der Waals surface area contributed by atoms with E-state index in [-0.39, 0.29) is 11.8 Å². The number of nitrogens with one attached hydrogen (secondary N) is 1. The van der Waals surface area contributed by atoms with Gasteiger partial charge in [-0.2, -0.15) is 11.8 Å². The number of rotatable bonds is 2. The molecule has 1 aromatic rings.